The maximum Gasteiger partial charge on any atom is 0.227 e. The molecule has 2 aliphatic heterocycles. The van der Waals surface area contributed by atoms with Crippen LogP contribution in [0.15, 0.2) is 24.3 Å². The molecule has 2 heterocycles. The van der Waals surface area contributed by atoms with Crippen LogP contribution in [0.25, 0.3) is 0 Å². The summed E-state index contributed by atoms with van der Waals surface area (Å²) in [4.78, 5) is 29.4. The molecular formula is C23H35N3O3. The molecule has 160 valence electrons. The van der Waals surface area contributed by atoms with E-state index in [0.717, 1.165) is 50.9 Å². The number of nitrogens with two attached hydrogens (primary N) is 1. The molecule has 0 aromatic heterocycles. The molecule has 3 rings (SSSR count). The highest BCUT2D eigenvalue weighted by molar-refractivity contribution is 5.81. The third-order valence-corrected chi connectivity index (χ3v) is 6.85. The molecule has 1 aromatic carbocycles. The summed E-state index contributed by atoms with van der Waals surface area (Å²) in [7, 11) is 1.67. The Balaban J connectivity index is 1.55. The van der Waals surface area contributed by atoms with Crippen molar-refractivity contribution in [2.45, 2.75) is 51.5 Å². The fraction of sp³-hybridized carbons (Fsp3) is 0.652. The third kappa shape index (κ3) is 5.17. The number of rotatable bonds is 7. The van der Waals surface area contributed by atoms with Crippen molar-refractivity contribution in [1.82, 2.24) is 9.80 Å². The van der Waals surface area contributed by atoms with Crippen LogP contribution >= 0.6 is 0 Å². The molecule has 1 unspecified atom stereocenters. The van der Waals surface area contributed by atoms with Gasteiger partial charge in [-0.25, -0.2) is 0 Å². The van der Waals surface area contributed by atoms with E-state index in [1.54, 1.807) is 7.11 Å². The number of benzene rings is 1. The van der Waals surface area contributed by atoms with Crippen LogP contribution in [0.2, 0.25) is 0 Å². The molecule has 0 bridgehead atoms. The van der Waals surface area contributed by atoms with Crippen LogP contribution < -0.4 is 5.73 Å². The smallest absolute Gasteiger partial charge is 0.227 e. The van der Waals surface area contributed by atoms with Gasteiger partial charge >= 0.3 is 0 Å². The van der Waals surface area contributed by atoms with Gasteiger partial charge in [0.25, 0.3) is 0 Å². The lowest BCUT2D eigenvalue weighted by Crippen LogP contribution is -2.56. The van der Waals surface area contributed by atoms with Crippen LogP contribution in [0.5, 0.6) is 0 Å². The molecule has 6 heteroatoms. The van der Waals surface area contributed by atoms with Crippen LogP contribution in [-0.4, -0.2) is 67.6 Å². The molecule has 0 spiro atoms. The number of ether oxygens (including phenoxy) is 1. The van der Waals surface area contributed by atoms with Gasteiger partial charge in [-0.1, -0.05) is 24.3 Å². The SMILES string of the molecule is COCCC1(C(N)=O)CCCN(C2CCN(C(=O)Cc3ccccc3C)CC2)C1. The lowest BCUT2D eigenvalue weighted by Gasteiger charge is -2.46. The van der Waals surface area contributed by atoms with E-state index in [1.165, 1.54) is 5.56 Å². The lowest BCUT2D eigenvalue weighted by atomic mass is 9.76. The van der Waals surface area contributed by atoms with Gasteiger partial charge in [0.2, 0.25) is 11.8 Å². The number of carbonyl (C=O) groups is 2. The largest absolute Gasteiger partial charge is 0.385 e. The second-order valence-corrected chi connectivity index (χ2v) is 8.68. The van der Waals surface area contributed by atoms with E-state index in [2.05, 4.69) is 17.9 Å². The fourth-order valence-electron chi connectivity index (χ4n) is 4.87. The Labute approximate surface area is 174 Å². The number of nitrogens with zero attached hydrogens (tertiary/aromatic N) is 2. The van der Waals surface area contributed by atoms with Crippen molar-refractivity contribution in [3.8, 4) is 0 Å². The summed E-state index contributed by atoms with van der Waals surface area (Å²) in [6, 6.07) is 8.51. The van der Waals surface area contributed by atoms with Crippen molar-refractivity contribution < 1.29 is 14.3 Å². The van der Waals surface area contributed by atoms with E-state index in [1.807, 2.05) is 23.1 Å². The lowest BCUT2D eigenvalue weighted by molar-refractivity contribution is -0.134. The molecule has 29 heavy (non-hydrogen) atoms. The van der Waals surface area contributed by atoms with Crippen molar-refractivity contribution in [3.05, 3.63) is 35.4 Å². The van der Waals surface area contributed by atoms with Gasteiger partial charge in [-0.15, -0.1) is 0 Å². The van der Waals surface area contributed by atoms with Crippen LogP contribution in [0.3, 0.4) is 0 Å². The third-order valence-electron chi connectivity index (χ3n) is 6.85. The van der Waals surface area contributed by atoms with Crippen LogP contribution in [0.4, 0.5) is 0 Å². The zero-order valence-corrected chi connectivity index (χ0v) is 17.9. The molecule has 0 radical (unpaired) electrons. The second-order valence-electron chi connectivity index (χ2n) is 8.68. The van der Waals surface area contributed by atoms with Gasteiger partial charge in [-0.2, -0.15) is 0 Å². The minimum Gasteiger partial charge on any atom is -0.385 e. The predicted molar refractivity (Wildman–Crippen MR) is 113 cm³/mol. The highest BCUT2D eigenvalue weighted by Gasteiger charge is 2.42. The van der Waals surface area contributed by atoms with E-state index >= 15 is 0 Å². The van der Waals surface area contributed by atoms with Gasteiger partial charge in [0.05, 0.1) is 11.8 Å². The van der Waals surface area contributed by atoms with Crippen molar-refractivity contribution in [2.75, 3.05) is 39.9 Å². The van der Waals surface area contributed by atoms with E-state index in [4.69, 9.17) is 10.5 Å². The number of hydrogen-bond acceptors (Lipinski definition) is 4. The Morgan fingerprint density at radius 1 is 1.21 bits per heavy atom. The summed E-state index contributed by atoms with van der Waals surface area (Å²) in [6.45, 7) is 5.90. The minimum absolute atomic E-state index is 0.204. The number of hydrogen-bond donors (Lipinski definition) is 1. The van der Waals surface area contributed by atoms with Crippen LogP contribution in [-0.2, 0) is 20.7 Å². The Morgan fingerprint density at radius 3 is 2.59 bits per heavy atom. The van der Waals surface area contributed by atoms with E-state index in [-0.39, 0.29) is 11.8 Å². The van der Waals surface area contributed by atoms with Gasteiger partial charge in [-0.3, -0.25) is 14.5 Å². The molecule has 1 aromatic rings. The van der Waals surface area contributed by atoms with Crippen molar-refractivity contribution >= 4 is 11.8 Å². The normalized spacial score (nSPS) is 23.9. The first-order valence-corrected chi connectivity index (χ1v) is 10.8. The first kappa shape index (κ1) is 21.8. The number of carbonyl (C=O) groups excluding carboxylic acids is 2. The zero-order valence-electron chi connectivity index (χ0n) is 17.9. The standard InChI is InChI=1S/C23H35N3O3/c1-18-6-3-4-7-19(18)16-21(27)25-13-8-20(9-14-25)26-12-5-10-23(17-26,22(24)28)11-15-29-2/h3-4,6-7,20H,5,8-17H2,1-2H3,(H2,24,28). The molecule has 2 amide bonds. The van der Waals surface area contributed by atoms with Gasteiger partial charge in [-0.05, 0) is 56.7 Å². The Morgan fingerprint density at radius 2 is 1.93 bits per heavy atom. The molecule has 6 nitrogen and oxygen atoms in total. The summed E-state index contributed by atoms with van der Waals surface area (Å²) >= 11 is 0. The number of likely N-dealkylation sites (tertiary alicyclic amines) is 2. The monoisotopic (exact) mass is 401 g/mol. The number of primary amides is 1. The van der Waals surface area contributed by atoms with Gasteiger partial charge in [0.15, 0.2) is 0 Å². The molecule has 2 fully saturated rings. The van der Waals surface area contributed by atoms with Crippen LogP contribution in [0.1, 0.15) is 43.2 Å². The fourth-order valence-corrected chi connectivity index (χ4v) is 4.87. The highest BCUT2D eigenvalue weighted by Crippen LogP contribution is 2.35. The van der Waals surface area contributed by atoms with E-state index in [0.29, 0.717) is 32.0 Å². The minimum atomic E-state index is -0.480. The molecule has 2 aliphatic rings. The molecule has 0 aliphatic carbocycles. The van der Waals surface area contributed by atoms with E-state index in [9.17, 15) is 9.59 Å². The number of amides is 2. The first-order chi connectivity index (χ1) is 13.9. The summed E-state index contributed by atoms with van der Waals surface area (Å²) < 4.78 is 5.23. The summed E-state index contributed by atoms with van der Waals surface area (Å²) in [5, 5.41) is 0. The topological polar surface area (TPSA) is 75.9 Å². The van der Waals surface area contributed by atoms with Crippen molar-refractivity contribution in [3.63, 3.8) is 0 Å². The maximum absolute atomic E-state index is 12.8. The summed E-state index contributed by atoms with van der Waals surface area (Å²) in [5.41, 5.74) is 7.61. The summed E-state index contributed by atoms with van der Waals surface area (Å²) in [6.07, 6.45) is 4.90. The Hall–Kier alpha value is -1.92. The maximum atomic E-state index is 12.8. The van der Waals surface area contributed by atoms with Gasteiger partial charge in [0, 0.05) is 39.4 Å². The van der Waals surface area contributed by atoms with Crippen LogP contribution in [0, 0.1) is 12.3 Å². The van der Waals surface area contributed by atoms with E-state index < -0.39 is 5.41 Å². The second kappa shape index (κ2) is 9.72. The van der Waals surface area contributed by atoms with Crippen molar-refractivity contribution in [1.29, 1.82) is 0 Å². The predicted octanol–water partition coefficient (Wildman–Crippen LogP) is 2.13. The number of methoxy groups -OCH3 is 1. The average Bonchev–Trinajstić information content (AvgIpc) is 2.74. The highest BCUT2D eigenvalue weighted by atomic mass is 16.5. The molecule has 0 saturated carbocycles. The Bertz CT molecular complexity index is 715. The quantitative estimate of drug-likeness (QED) is 0.759. The Kier molecular flexibility index (Phi) is 7.30. The van der Waals surface area contributed by atoms with Gasteiger partial charge in [0.1, 0.15) is 0 Å². The zero-order chi connectivity index (χ0) is 20.9. The van der Waals surface area contributed by atoms with Gasteiger partial charge < -0.3 is 15.4 Å². The average molecular weight is 402 g/mol. The number of piperidine rings is 2. The van der Waals surface area contributed by atoms with Crippen molar-refractivity contribution in [2.24, 2.45) is 11.1 Å². The number of aryl methyl sites for hydroxylation is 1. The first-order valence-electron chi connectivity index (χ1n) is 10.8. The molecule has 2 N–H and O–H groups in total. The molecular weight excluding hydrogens is 366 g/mol. The molecule has 2 saturated heterocycles. The summed E-state index contributed by atoms with van der Waals surface area (Å²) in [5.74, 6) is 0.00747. The molecule has 1 atom stereocenters.